The minimum absolute atomic E-state index is 0.103. The number of allylic oxidation sites excluding steroid dienone is 16. The second-order valence-electron chi connectivity index (χ2n) is 17.0. The van der Waals surface area contributed by atoms with Crippen molar-refractivity contribution in [1.82, 2.24) is 0 Å². The van der Waals surface area contributed by atoms with Crippen molar-refractivity contribution in [2.24, 2.45) is 0 Å². The molecule has 364 valence electrons. The fourth-order valence-corrected chi connectivity index (χ4v) is 6.91. The molecule has 0 spiro atoms. The highest BCUT2D eigenvalue weighted by atomic mass is 16.6. The second kappa shape index (κ2) is 52.0. The van der Waals surface area contributed by atoms with Crippen LogP contribution in [0.15, 0.2) is 97.2 Å². The fourth-order valence-electron chi connectivity index (χ4n) is 6.91. The molecule has 0 aromatic rings. The summed E-state index contributed by atoms with van der Waals surface area (Å²) in [6.07, 6.45) is 68.2. The van der Waals surface area contributed by atoms with Crippen LogP contribution >= 0.6 is 0 Å². The van der Waals surface area contributed by atoms with Crippen LogP contribution in [0.4, 0.5) is 0 Å². The lowest BCUT2D eigenvalue weighted by Crippen LogP contribution is -2.30. The van der Waals surface area contributed by atoms with Gasteiger partial charge in [-0.1, -0.05) is 195 Å². The monoisotopic (exact) mass is 889 g/mol. The molecule has 0 saturated heterocycles. The molecule has 0 saturated carbocycles. The Balaban J connectivity index is 4.48. The number of hydrogen-bond donors (Lipinski definition) is 0. The number of carbonyl (C=O) groups is 3. The van der Waals surface area contributed by atoms with E-state index in [1.54, 1.807) is 0 Å². The normalized spacial score (nSPS) is 12.9. The third kappa shape index (κ3) is 49.3. The average Bonchev–Trinajstić information content (AvgIpc) is 3.29. The molecule has 0 bridgehead atoms. The molecule has 0 amide bonds. The molecule has 6 nitrogen and oxygen atoms in total. The number of carbonyl (C=O) groups excluding carboxylic acids is 3. The van der Waals surface area contributed by atoms with Gasteiger partial charge < -0.3 is 14.2 Å². The zero-order valence-corrected chi connectivity index (χ0v) is 41.5. The van der Waals surface area contributed by atoms with Gasteiger partial charge >= 0.3 is 17.9 Å². The molecule has 0 aromatic carbocycles. The SMILES string of the molecule is CC/C=C\C/C=C\C/C=C\C/C=C\CCCCC(=O)OC(COC(=O)CCCCCCC/C=C\CCCCCCC)COC(=O)CCCCCCCCC/C=C\C/C=C\C/C=C\CC. The van der Waals surface area contributed by atoms with E-state index in [-0.39, 0.29) is 37.5 Å². The van der Waals surface area contributed by atoms with E-state index in [9.17, 15) is 14.4 Å². The van der Waals surface area contributed by atoms with Crippen molar-refractivity contribution in [2.75, 3.05) is 13.2 Å². The zero-order valence-electron chi connectivity index (χ0n) is 41.5. The van der Waals surface area contributed by atoms with Crippen LogP contribution < -0.4 is 0 Å². The zero-order chi connectivity index (χ0) is 46.5. The van der Waals surface area contributed by atoms with Gasteiger partial charge in [0.25, 0.3) is 0 Å². The Kier molecular flexibility index (Phi) is 49.0. The summed E-state index contributed by atoms with van der Waals surface area (Å²) in [4.78, 5) is 38.0. The molecule has 1 atom stereocenters. The maximum Gasteiger partial charge on any atom is 0.306 e. The number of esters is 3. The lowest BCUT2D eigenvalue weighted by atomic mass is 10.1. The van der Waals surface area contributed by atoms with Crippen molar-refractivity contribution in [1.29, 1.82) is 0 Å². The van der Waals surface area contributed by atoms with Crippen molar-refractivity contribution in [3.05, 3.63) is 97.2 Å². The van der Waals surface area contributed by atoms with Crippen molar-refractivity contribution in [3.8, 4) is 0 Å². The van der Waals surface area contributed by atoms with E-state index in [1.807, 2.05) is 0 Å². The molecular weight excluding hydrogens is 793 g/mol. The Hall–Kier alpha value is -3.67. The van der Waals surface area contributed by atoms with Gasteiger partial charge in [-0.3, -0.25) is 14.4 Å². The van der Waals surface area contributed by atoms with E-state index in [1.165, 1.54) is 70.6 Å². The molecule has 1 unspecified atom stereocenters. The molecular formula is C58H96O6. The lowest BCUT2D eigenvalue weighted by molar-refractivity contribution is -0.167. The van der Waals surface area contributed by atoms with Crippen LogP contribution in [-0.4, -0.2) is 37.2 Å². The van der Waals surface area contributed by atoms with Crippen molar-refractivity contribution in [2.45, 2.75) is 239 Å². The van der Waals surface area contributed by atoms with Crippen molar-refractivity contribution < 1.29 is 28.6 Å². The lowest BCUT2D eigenvalue weighted by Gasteiger charge is -2.18. The Bertz CT molecular complexity index is 1300. The molecule has 0 N–H and O–H groups in total. The molecule has 0 radical (unpaired) electrons. The Morgan fingerprint density at radius 1 is 0.328 bits per heavy atom. The van der Waals surface area contributed by atoms with Crippen LogP contribution in [0.5, 0.6) is 0 Å². The maximum absolute atomic E-state index is 12.8. The first-order valence-electron chi connectivity index (χ1n) is 26.2. The number of ether oxygens (including phenoxy) is 3. The van der Waals surface area contributed by atoms with E-state index in [0.717, 1.165) is 116 Å². The summed E-state index contributed by atoms with van der Waals surface area (Å²) in [5.41, 5.74) is 0. The van der Waals surface area contributed by atoms with Crippen LogP contribution in [0, 0.1) is 0 Å². The average molecular weight is 889 g/mol. The van der Waals surface area contributed by atoms with Gasteiger partial charge in [0.1, 0.15) is 13.2 Å². The quantitative estimate of drug-likeness (QED) is 0.0262. The number of unbranched alkanes of at least 4 members (excludes halogenated alkanes) is 19. The molecule has 6 heteroatoms. The predicted molar refractivity (Wildman–Crippen MR) is 274 cm³/mol. The van der Waals surface area contributed by atoms with Gasteiger partial charge in [-0.05, 0) is 116 Å². The molecule has 0 aliphatic heterocycles. The smallest absolute Gasteiger partial charge is 0.306 e. The van der Waals surface area contributed by atoms with Gasteiger partial charge in [0.05, 0.1) is 0 Å². The van der Waals surface area contributed by atoms with E-state index < -0.39 is 6.10 Å². The highest BCUT2D eigenvalue weighted by Gasteiger charge is 2.19. The summed E-state index contributed by atoms with van der Waals surface area (Å²) < 4.78 is 16.8. The van der Waals surface area contributed by atoms with Crippen molar-refractivity contribution in [3.63, 3.8) is 0 Å². The van der Waals surface area contributed by atoms with Crippen molar-refractivity contribution >= 4 is 17.9 Å². The molecule has 0 heterocycles. The molecule has 0 aromatic heterocycles. The van der Waals surface area contributed by atoms with Crippen LogP contribution in [0.3, 0.4) is 0 Å². The molecule has 0 fully saturated rings. The Morgan fingerprint density at radius 3 is 1.00 bits per heavy atom. The largest absolute Gasteiger partial charge is 0.462 e. The van der Waals surface area contributed by atoms with Crippen LogP contribution in [0.1, 0.15) is 233 Å². The summed E-state index contributed by atoms with van der Waals surface area (Å²) in [7, 11) is 0. The first-order chi connectivity index (χ1) is 31.5. The van der Waals surface area contributed by atoms with E-state index in [0.29, 0.717) is 19.3 Å². The van der Waals surface area contributed by atoms with Gasteiger partial charge in [0, 0.05) is 19.3 Å². The molecule has 0 aliphatic carbocycles. The standard InChI is InChI=1S/C58H96O6/c1-4-7-10-13-16-19-22-25-28-29-31-33-36-39-42-45-48-51-57(60)63-54-55(53-62-56(59)50-47-44-41-38-35-32-27-24-21-18-15-12-9-6-3)64-58(61)52-49-46-43-40-37-34-30-26-23-20-17-14-11-8-5-2/h7-8,10-11,16-17,19-20,24-28,30,37,40,55H,4-6,9,12-15,18,21-23,29,31-36,38-39,41-54H2,1-3H3/b10-7-,11-8-,19-16-,20-17-,27-24-,28-25-,30-26-,40-37-. The van der Waals surface area contributed by atoms with Crippen LogP contribution in [-0.2, 0) is 28.6 Å². The molecule has 0 aliphatic rings. The van der Waals surface area contributed by atoms with E-state index in [4.69, 9.17) is 14.2 Å². The highest BCUT2D eigenvalue weighted by molar-refractivity contribution is 5.71. The molecule has 64 heavy (non-hydrogen) atoms. The second-order valence-corrected chi connectivity index (χ2v) is 17.0. The number of rotatable bonds is 46. The summed E-state index contributed by atoms with van der Waals surface area (Å²) >= 11 is 0. The van der Waals surface area contributed by atoms with Gasteiger partial charge in [-0.2, -0.15) is 0 Å². The van der Waals surface area contributed by atoms with Gasteiger partial charge in [-0.15, -0.1) is 0 Å². The maximum atomic E-state index is 12.8. The fraction of sp³-hybridized carbons (Fsp3) is 0.672. The topological polar surface area (TPSA) is 78.9 Å². The summed E-state index contributed by atoms with van der Waals surface area (Å²) in [5.74, 6) is -0.965. The van der Waals surface area contributed by atoms with Gasteiger partial charge in [0.15, 0.2) is 6.10 Å². The van der Waals surface area contributed by atoms with E-state index >= 15 is 0 Å². The van der Waals surface area contributed by atoms with Gasteiger partial charge in [0.2, 0.25) is 0 Å². The van der Waals surface area contributed by atoms with Gasteiger partial charge in [-0.25, -0.2) is 0 Å². The first-order valence-corrected chi connectivity index (χ1v) is 26.2. The van der Waals surface area contributed by atoms with Crippen LogP contribution in [0.2, 0.25) is 0 Å². The minimum Gasteiger partial charge on any atom is -0.462 e. The third-order valence-electron chi connectivity index (χ3n) is 10.8. The Morgan fingerprint density at radius 2 is 0.609 bits per heavy atom. The highest BCUT2D eigenvalue weighted by Crippen LogP contribution is 2.13. The predicted octanol–water partition coefficient (Wildman–Crippen LogP) is 17.4. The Labute approximate surface area is 394 Å². The van der Waals surface area contributed by atoms with E-state index in [2.05, 4.69) is 118 Å². The third-order valence-corrected chi connectivity index (χ3v) is 10.8. The summed E-state index contributed by atoms with van der Waals surface area (Å²) in [5, 5.41) is 0. The number of hydrogen-bond acceptors (Lipinski definition) is 6. The summed E-state index contributed by atoms with van der Waals surface area (Å²) in [6, 6.07) is 0. The summed E-state index contributed by atoms with van der Waals surface area (Å²) in [6.45, 7) is 6.35. The minimum atomic E-state index is -0.807. The first kappa shape index (κ1) is 60.3. The molecule has 0 rings (SSSR count). The van der Waals surface area contributed by atoms with Crippen LogP contribution in [0.25, 0.3) is 0 Å².